The van der Waals surface area contributed by atoms with Crippen LogP contribution in [0.1, 0.15) is 10.5 Å². The minimum Gasteiger partial charge on any atom is -0.492 e. The monoisotopic (exact) mass is 360 g/mol. The summed E-state index contributed by atoms with van der Waals surface area (Å²) in [5.74, 6) is -0.287. The zero-order valence-corrected chi connectivity index (χ0v) is 12.9. The van der Waals surface area contributed by atoms with Crippen LogP contribution in [0.3, 0.4) is 0 Å². The standard InChI is InChI=1S/C12H10BrClN2O4/c1-19-10-5(13)3-6(14)9(11(10)20-2)7-4-8(12(17)18)16-15-7/h3-4H,1-2H3,(H,15,16)(H,17,18). The van der Waals surface area contributed by atoms with Crippen LogP contribution in [0.25, 0.3) is 11.3 Å². The Hall–Kier alpha value is -1.73. The van der Waals surface area contributed by atoms with Crippen molar-refractivity contribution in [1.29, 1.82) is 0 Å². The highest BCUT2D eigenvalue weighted by Gasteiger charge is 2.22. The predicted molar refractivity (Wildman–Crippen MR) is 76.8 cm³/mol. The average molecular weight is 362 g/mol. The maximum atomic E-state index is 10.9. The van der Waals surface area contributed by atoms with Gasteiger partial charge >= 0.3 is 5.97 Å². The molecule has 8 heteroatoms. The molecule has 0 radical (unpaired) electrons. The van der Waals surface area contributed by atoms with Crippen molar-refractivity contribution in [2.75, 3.05) is 14.2 Å². The van der Waals surface area contributed by atoms with Gasteiger partial charge in [-0.15, -0.1) is 0 Å². The largest absolute Gasteiger partial charge is 0.492 e. The third kappa shape index (κ3) is 2.46. The molecule has 0 aliphatic heterocycles. The Morgan fingerprint density at radius 2 is 2.00 bits per heavy atom. The number of methoxy groups -OCH3 is 2. The summed E-state index contributed by atoms with van der Waals surface area (Å²) in [6, 6.07) is 3.01. The van der Waals surface area contributed by atoms with Crippen LogP contribution in [-0.4, -0.2) is 35.5 Å². The summed E-state index contributed by atoms with van der Waals surface area (Å²) in [6.45, 7) is 0. The van der Waals surface area contributed by atoms with Gasteiger partial charge in [0.1, 0.15) is 5.69 Å². The van der Waals surface area contributed by atoms with Gasteiger partial charge in [0, 0.05) is 0 Å². The molecule has 106 valence electrons. The van der Waals surface area contributed by atoms with E-state index in [-0.39, 0.29) is 5.69 Å². The summed E-state index contributed by atoms with van der Waals surface area (Å²) >= 11 is 9.52. The van der Waals surface area contributed by atoms with Crippen molar-refractivity contribution < 1.29 is 19.4 Å². The van der Waals surface area contributed by atoms with E-state index in [0.29, 0.717) is 32.3 Å². The summed E-state index contributed by atoms with van der Waals surface area (Å²) in [5, 5.41) is 15.6. The number of carbonyl (C=O) groups is 1. The molecule has 0 fully saturated rings. The Morgan fingerprint density at radius 3 is 2.50 bits per heavy atom. The van der Waals surface area contributed by atoms with Crippen molar-refractivity contribution in [3.8, 4) is 22.8 Å². The molecule has 0 unspecified atom stereocenters. The molecule has 1 aromatic carbocycles. The maximum Gasteiger partial charge on any atom is 0.353 e. The van der Waals surface area contributed by atoms with E-state index in [2.05, 4.69) is 26.1 Å². The number of benzene rings is 1. The van der Waals surface area contributed by atoms with Gasteiger partial charge in [-0.25, -0.2) is 4.79 Å². The van der Waals surface area contributed by atoms with Crippen LogP contribution < -0.4 is 9.47 Å². The molecule has 20 heavy (non-hydrogen) atoms. The second-order valence-electron chi connectivity index (χ2n) is 3.75. The van der Waals surface area contributed by atoms with Crippen LogP contribution >= 0.6 is 27.5 Å². The Labute approximate surface area is 127 Å². The molecule has 2 rings (SSSR count). The Balaban J connectivity index is 2.68. The molecule has 2 aromatic rings. The number of carboxylic acid groups (broad SMARTS) is 1. The van der Waals surface area contributed by atoms with E-state index in [1.165, 1.54) is 20.3 Å². The van der Waals surface area contributed by atoms with Crippen molar-refractivity contribution in [1.82, 2.24) is 10.2 Å². The zero-order valence-electron chi connectivity index (χ0n) is 10.5. The molecular formula is C12H10BrClN2O4. The van der Waals surface area contributed by atoms with E-state index in [0.717, 1.165) is 0 Å². The number of halogens is 2. The summed E-state index contributed by atoms with van der Waals surface area (Å²) < 4.78 is 11.2. The van der Waals surface area contributed by atoms with Gasteiger partial charge < -0.3 is 14.6 Å². The van der Waals surface area contributed by atoms with Gasteiger partial charge in [0.25, 0.3) is 0 Å². The third-order valence-electron chi connectivity index (χ3n) is 2.62. The lowest BCUT2D eigenvalue weighted by Gasteiger charge is -2.14. The molecule has 0 spiro atoms. The first-order chi connectivity index (χ1) is 9.49. The van der Waals surface area contributed by atoms with Crippen molar-refractivity contribution in [2.24, 2.45) is 0 Å². The number of H-pyrrole nitrogens is 1. The second kappa shape index (κ2) is 5.72. The van der Waals surface area contributed by atoms with Crippen LogP contribution in [0.4, 0.5) is 0 Å². The highest BCUT2D eigenvalue weighted by atomic mass is 79.9. The van der Waals surface area contributed by atoms with Crippen molar-refractivity contribution >= 4 is 33.5 Å². The second-order valence-corrected chi connectivity index (χ2v) is 5.02. The molecule has 1 aromatic heterocycles. The van der Waals surface area contributed by atoms with Crippen molar-refractivity contribution in [3.05, 3.63) is 27.3 Å². The number of hydrogen-bond acceptors (Lipinski definition) is 4. The first-order valence-corrected chi connectivity index (χ1v) is 6.55. The fourth-order valence-electron chi connectivity index (χ4n) is 1.76. The van der Waals surface area contributed by atoms with Crippen LogP contribution in [0.5, 0.6) is 11.5 Å². The first-order valence-electron chi connectivity index (χ1n) is 5.38. The fraction of sp³-hybridized carbons (Fsp3) is 0.167. The van der Waals surface area contributed by atoms with E-state index in [1.807, 2.05) is 0 Å². The van der Waals surface area contributed by atoms with E-state index < -0.39 is 5.97 Å². The van der Waals surface area contributed by atoms with E-state index >= 15 is 0 Å². The normalized spacial score (nSPS) is 10.4. The Morgan fingerprint density at radius 1 is 1.35 bits per heavy atom. The predicted octanol–water partition coefficient (Wildman–Crippen LogP) is 3.21. The minimum atomic E-state index is -1.11. The van der Waals surface area contributed by atoms with Crippen LogP contribution in [0.2, 0.25) is 5.02 Å². The molecule has 0 atom stereocenters. The molecule has 1 heterocycles. The smallest absolute Gasteiger partial charge is 0.353 e. The number of rotatable bonds is 4. The molecule has 2 N–H and O–H groups in total. The van der Waals surface area contributed by atoms with Crippen molar-refractivity contribution in [3.63, 3.8) is 0 Å². The highest BCUT2D eigenvalue weighted by molar-refractivity contribution is 9.10. The highest BCUT2D eigenvalue weighted by Crippen LogP contribution is 2.46. The van der Waals surface area contributed by atoms with Crippen LogP contribution in [0.15, 0.2) is 16.6 Å². The number of ether oxygens (including phenoxy) is 2. The van der Waals surface area contributed by atoms with Crippen molar-refractivity contribution in [2.45, 2.75) is 0 Å². The number of nitrogens with zero attached hydrogens (tertiary/aromatic N) is 1. The molecule has 0 amide bonds. The molecule has 0 saturated carbocycles. The summed E-state index contributed by atoms with van der Waals surface area (Å²) in [4.78, 5) is 10.9. The molecule has 0 saturated heterocycles. The number of nitrogens with one attached hydrogen (secondary N) is 1. The van der Waals surface area contributed by atoms with E-state index in [9.17, 15) is 4.79 Å². The summed E-state index contributed by atoms with van der Waals surface area (Å²) in [7, 11) is 2.96. The molecule has 0 bridgehead atoms. The van der Waals surface area contributed by atoms with Crippen LogP contribution in [-0.2, 0) is 0 Å². The number of aromatic carboxylic acids is 1. The summed E-state index contributed by atoms with van der Waals surface area (Å²) in [5.41, 5.74) is 0.771. The SMILES string of the molecule is COc1c(Br)cc(Cl)c(-c2cc(C(=O)O)[nH]n2)c1OC. The molecular weight excluding hydrogens is 351 g/mol. The van der Waals surface area contributed by atoms with E-state index in [4.69, 9.17) is 26.2 Å². The van der Waals surface area contributed by atoms with Gasteiger partial charge in [-0.2, -0.15) is 5.10 Å². The minimum absolute atomic E-state index is 0.0417. The van der Waals surface area contributed by atoms with Crippen LogP contribution in [0, 0.1) is 0 Å². The average Bonchev–Trinajstić information content (AvgIpc) is 2.87. The van der Waals surface area contributed by atoms with E-state index in [1.54, 1.807) is 6.07 Å². The Kier molecular flexibility index (Phi) is 4.20. The lowest BCUT2D eigenvalue weighted by Crippen LogP contribution is -1.96. The number of aromatic nitrogens is 2. The topological polar surface area (TPSA) is 84.4 Å². The summed E-state index contributed by atoms with van der Waals surface area (Å²) in [6.07, 6.45) is 0. The number of carboxylic acids is 1. The van der Waals surface area contributed by atoms with Gasteiger partial charge in [-0.3, -0.25) is 5.10 Å². The zero-order chi connectivity index (χ0) is 14.9. The maximum absolute atomic E-state index is 10.9. The lowest BCUT2D eigenvalue weighted by molar-refractivity contribution is 0.0690. The molecule has 0 aliphatic rings. The number of aromatic amines is 1. The van der Waals surface area contributed by atoms with Gasteiger partial charge in [-0.1, -0.05) is 11.6 Å². The number of hydrogen-bond donors (Lipinski definition) is 2. The Bertz CT molecular complexity index is 672. The van der Waals surface area contributed by atoms with Gasteiger partial charge in [-0.05, 0) is 28.1 Å². The first kappa shape index (κ1) is 14.7. The van der Waals surface area contributed by atoms with Gasteiger partial charge in [0.05, 0.1) is 35.0 Å². The quantitative estimate of drug-likeness (QED) is 0.873. The lowest BCUT2D eigenvalue weighted by atomic mass is 10.1. The van der Waals surface area contributed by atoms with Gasteiger partial charge in [0.15, 0.2) is 11.5 Å². The van der Waals surface area contributed by atoms with Gasteiger partial charge in [0.2, 0.25) is 0 Å². The molecule has 6 nitrogen and oxygen atoms in total. The third-order valence-corrected chi connectivity index (χ3v) is 3.50. The molecule has 0 aliphatic carbocycles. The fourth-order valence-corrected chi connectivity index (χ4v) is 2.76.